The Morgan fingerprint density at radius 3 is 2.59 bits per heavy atom. The van der Waals surface area contributed by atoms with Crippen molar-refractivity contribution in [2.45, 2.75) is 38.5 Å². The molecule has 1 aromatic rings. The first kappa shape index (κ1) is 12.2. The average molecular weight is 232 g/mol. The molecule has 0 aromatic heterocycles. The molecular weight excluding hydrogens is 212 g/mol. The number of rotatable bonds is 5. The number of hydrogen-bond donors (Lipinski definition) is 0. The summed E-state index contributed by atoms with van der Waals surface area (Å²) < 4.78 is 5.31. The van der Waals surface area contributed by atoms with E-state index in [0.717, 1.165) is 25.7 Å². The van der Waals surface area contributed by atoms with E-state index in [4.69, 9.17) is 4.74 Å². The van der Waals surface area contributed by atoms with Gasteiger partial charge < -0.3 is 4.74 Å². The van der Waals surface area contributed by atoms with Crippen LogP contribution in [0.5, 0.6) is 0 Å². The van der Waals surface area contributed by atoms with Crippen molar-refractivity contribution < 1.29 is 9.53 Å². The van der Waals surface area contributed by atoms with Gasteiger partial charge in [-0.3, -0.25) is 4.79 Å². The van der Waals surface area contributed by atoms with Gasteiger partial charge in [-0.1, -0.05) is 43.2 Å². The summed E-state index contributed by atoms with van der Waals surface area (Å²) in [6.45, 7) is 0.560. The van der Waals surface area contributed by atoms with Crippen molar-refractivity contribution in [3.8, 4) is 0 Å². The Balaban J connectivity index is 1.61. The third-order valence-corrected chi connectivity index (χ3v) is 3.39. The van der Waals surface area contributed by atoms with Gasteiger partial charge in [-0.25, -0.2) is 0 Å². The molecule has 0 atom stereocenters. The van der Waals surface area contributed by atoms with Gasteiger partial charge in [-0.05, 0) is 31.2 Å². The first-order chi connectivity index (χ1) is 8.36. The summed E-state index contributed by atoms with van der Waals surface area (Å²) in [7, 11) is 0. The van der Waals surface area contributed by atoms with Crippen LogP contribution in [0.25, 0.3) is 0 Å². The van der Waals surface area contributed by atoms with Crippen LogP contribution in [0.1, 0.15) is 37.7 Å². The van der Waals surface area contributed by atoms with Crippen molar-refractivity contribution in [1.82, 2.24) is 0 Å². The van der Waals surface area contributed by atoms with Gasteiger partial charge in [0, 0.05) is 0 Å². The third-order valence-electron chi connectivity index (χ3n) is 3.39. The third kappa shape index (κ3) is 3.88. The fraction of sp³-hybridized carbons (Fsp3) is 0.533. The van der Waals surface area contributed by atoms with E-state index in [1.807, 2.05) is 18.2 Å². The average Bonchev–Trinajstić information content (AvgIpc) is 2.89. The van der Waals surface area contributed by atoms with Crippen LogP contribution in [0.4, 0.5) is 0 Å². The number of carbonyl (C=O) groups excluding carboxylic acids is 1. The quantitative estimate of drug-likeness (QED) is 0.575. The van der Waals surface area contributed by atoms with Gasteiger partial charge in [-0.15, -0.1) is 0 Å². The molecule has 92 valence electrons. The molecule has 1 aliphatic carbocycles. The zero-order valence-electron chi connectivity index (χ0n) is 10.2. The molecule has 0 aliphatic heterocycles. The minimum Gasteiger partial charge on any atom is -0.465 e. The highest BCUT2D eigenvalue weighted by Gasteiger charge is 2.23. The van der Waals surface area contributed by atoms with Crippen molar-refractivity contribution in [2.24, 2.45) is 5.92 Å². The molecule has 1 saturated carbocycles. The number of hydrogen-bond acceptors (Lipinski definition) is 2. The summed E-state index contributed by atoms with van der Waals surface area (Å²) >= 11 is 0. The van der Waals surface area contributed by atoms with Crippen LogP contribution in [0.2, 0.25) is 0 Å². The molecule has 0 saturated heterocycles. The van der Waals surface area contributed by atoms with E-state index in [1.54, 1.807) is 0 Å². The van der Waals surface area contributed by atoms with Crippen molar-refractivity contribution in [2.75, 3.05) is 6.61 Å². The molecule has 0 bridgehead atoms. The van der Waals surface area contributed by atoms with E-state index in [9.17, 15) is 4.79 Å². The van der Waals surface area contributed by atoms with Crippen LogP contribution in [0.15, 0.2) is 30.3 Å². The molecule has 2 nitrogen and oxygen atoms in total. The Bertz CT molecular complexity index is 339. The summed E-state index contributed by atoms with van der Waals surface area (Å²) in [5, 5.41) is 0. The Morgan fingerprint density at radius 2 is 1.88 bits per heavy atom. The van der Waals surface area contributed by atoms with Gasteiger partial charge in [-0.2, -0.15) is 0 Å². The molecule has 1 aliphatic rings. The van der Waals surface area contributed by atoms with Crippen LogP contribution in [-0.2, 0) is 16.0 Å². The van der Waals surface area contributed by atoms with Crippen molar-refractivity contribution in [1.29, 1.82) is 0 Å². The van der Waals surface area contributed by atoms with Crippen LogP contribution in [0, 0.1) is 5.92 Å². The first-order valence-electron chi connectivity index (χ1n) is 6.57. The number of aryl methyl sites for hydroxylation is 1. The lowest BCUT2D eigenvalue weighted by molar-refractivity contribution is -0.148. The van der Waals surface area contributed by atoms with Gasteiger partial charge in [0.25, 0.3) is 0 Å². The van der Waals surface area contributed by atoms with Crippen molar-refractivity contribution in [3.05, 3.63) is 35.9 Å². The predicted octanol–water partition coefficient (Wildman–Crippen LogP) is 3.35. The Kier molecular flexibility index (Phi) is 4.60. The summed E-state index contributed by atoms with van der Waals surface area (Å²) in [6.07, 6.45) is 6.32. The minimum absolute atomic E-state index is 0.0237. The molecule has 0 heterocycles. The highest BCUT2D eigenvalue weighted by molar-refractivity contribution is 5.72. The standard InChI is InChI=1S/C15H20O2/c16-15(14-10-4-5-11-14)17-12-6-9-13-7-2-1-3-8-13/h1-3,7-8,14H,4-6,9-12H2. The normalized spacial score (nSPS) is 16.0. The van der Waals surface area contributed by atoms with E-state index in [2.05, 4.69) is 12.1 Å². The second kappa shape index (κ2) is 6.43. The smallest absolute Gasteiger partial charge is 0.308 e. The first-order valence-corrected chi connectivity index (χ1v) is 6.57. The SMILES string of the molecule is O=C(OCCCc1ccccc1)C1CCCC1. The summed E-state index contributed by atoms with van der Waals surface area (Å²) in [5.74, 6) is 0.210. The van der Waals surface area contributed by atoms with E-state index in [-0.39, 0.29) is 11.9 Å². The number of esters is 1. The van der Waals surface area contributed by atoms with Crippen LogP contribution >= 0.6 is 0 Å². The van der Waals surface area contributed by atoms with Crippen LogP contribution in [-0.4, -0.2) is 12.6 Å². The topological polar surface area (TPSA) is 26.3 Å². The maximum atomic E-state index is 11.6. The van der Waals surface area contributed by atoms with Crippen LogP contribution < -0.4 is 0 Å². The fourth-order valence-electron chi connectivity index (χ4n) is 2.37. The predicted molar refractivity (Wildman–Crippen MR) is 67.7 cm³/mol. The summed E-state index contributed by atoms with van der Waals surface area (Å²) in [5.41, 5.74) is 1.31. The lowest BCUT2D eigenvalue weighted by Crippen LogP contribution is -2.15. The maximum absolute atomic E-state index is 11.6. The Hall–Kier alpha value is -1.31. The van der Waals surface area contributed by atoms with Crippen LogP contribution in [0.3, 0.4) is 0 Å². The van der Waals surface area contributed by atoms with Gasteiger partial charge in [0.1, 0.15) is 0 Å². The van der Waals surface area contributed by atoms with Crippen molar-refractivity contribution >= 4 is 5.97 Å². The van der Waals surface area contributed by atoms with E-state index in [1.165, 1.54) is 18.4 Å². The van der Waals surface area contributed by atoms with Gasteiger partial charge in [0.05, 0.1) is 12.5 Å². The maximum Gasteiger partial charge on any atom is 0.308 e. The lowest BCUT2D eigenvalue weighted by Gasteiger charge is -2.09. The molecule has 0 amide bonds. The van der Waals surface area contributed by atoms with E-state index >= 15 is 0 Å². The second-order valence-electron chi connectivity index (χ2n) is 4.74. The number of ether oxygens (including phenoxy) is 1. The molecule has 2 rings (SSSR count). The largest absolute Gasteiger partial charge is 0.465 e. The zero-order valence-corrected chi connectivity index (χ0v) is 10.2. The molecular formula is C15H20O2. The highest BCUT2D eigenvalue weighted by atomic mass is 16.5. The van der Waals surface area contributed by atoms with E-state index in [0.29, 0.717) is 6.61 Å². The summed E-state index contributed by atoms with van der Waals surface area (Å²) in [6, 6.07) is 10.3. The number of carbonyl (C=O) groups is 1. The fourth-order valence-corrected chi connectivity index (χ4v) is 2.37. The second-order valence-corrected chi connectivity index (χ2v) is 4.74. The molecule has 0 radical (unpaired) electrons. The molecule has 1 fully saturated rings. The van der Waals surface area contributed by atoms with Gasteiger partial charge >= 0.3 is 5.97 Å². The van der Waals surface area contributed by atoms with Crippen molar-refractivity contribution in [3.63, 3.8) is 0 Å². The molecule has 0 unspecified atom stereocenters. The summed E-state index contributed by atoms with van der Waals surface area (Å²) in [4.78, 5) is 11.6. The van der Waals surface area contributed by atoms with Gasteiger partial charge in [0.2, 0.25) is 0 Å². The molecule has 2 heteroatoms. The van der Waals surface area contributed by atoms with Gasteiger partial charge in [0.15, 0.2) is 0 Å². The van der Waals surface area contributed by atoms with E-state index < -0.39 is 0 Å². The number of benzene rings is 1. The zero-order chi connectivity index (χ0) is 11.9. The Labute approximate surface area is 103 Å². The molecule has 0 spiro atoms. The monoisotopic (exact) mass is 232 g/mol. The molecule has 1 aromatic carbocycles. The Morgan fingerprint density at radius 1 is 1.18 bits per heavy atom. The molecule has 17 heavy (non-hydrogen) atoms. The lowest BCUT2D eigenvalue weighted by atomic mass is 10.1. The minimum atomic E-state index is 0.0237. The highest BCUT2D eigenvalue weighted by Crippen LogP contribution is 2.25. The molecule has 0 N–H and O–H groups in total.